The second kappa shape index (κ2) is 10.1. The first-order chi connectivity index (χ1) is 11.5. The number of nitrogens with zero attached hydrogens (tertiary/aromatic N) is 6. The van der Waals surface area contributed by atoms with Gasteiger partial charge in [-0.15, -0.1) is 0 Å². The van der Waals surface area contributed by atoms with E-state index in [0.29, 0.717) is 11.8 Å². The molecule has 0 atom stereocenters. The monoisotopic (exact) mass is 409 g/mol. The van der Waals surface area contributed by atoms with E-state index in [4.69, 9.17) is 46.4 Å². The number of halogens is 4. The van der Waals surface area contributed by atoms with Crippen LogP contribution in [0, 0.1) is 0 Å². The number of aryl methyl sites for hydroxylation is 1. The third-order valence-electron chi connectivity index (χ3n) is 3.07. The standard InChI is InChI=1S/C13H15Cl4N7/c14-9-19-8(20-10(15)21-9)6-4-2-1-3-5-7-18-13-23-11(16)22-12(17)24-13/h1-7H2,(H,18,22,23,24). The fraction of sp³-hybridized carbons (Fsp3) is 0.538. The highest BCUT2D eigenvalue weighted by atomic mass is 35.5. The van der Waals surface area contributed by atoms with Crippen molar-refractivity contribution < 1.29 is 0 Å². The molecular formula is C13H15Cl4N7. The molecule has 24 heavy (non-hydrogen) atoms. The second-order valence-electron chi connectivity index (χ2n) is 4.93. The van der Waals surface area contributed by atoms with E-state index in [9.17, 15) is 0 Å². The third kappa shape index (κ3) is 7.25. The number of unbranched alkanes of at least 4 members (excludes halogenated alkanes) is 4. The molecule has 7 nitrogen and oxygen atoms in total. The summed E-state index contributed by atoms with van der Waals surface area (Å²) in [5.74, 6) is 1.02. The molecule has 0 aliphatic carbocycles. The molecule has 0 aliphatic heterocycles. The van der Waals surface area contributed by atoms with Crippen molar-refractivity contribution in [3.05, 3.63) is 27.0 Å². The predicted octanol–water partition coefficient (Wildman–Crippen LogP) is 4.28. The van der Waals surface area contributed by atoms with Crippen molar-refractivity contribution in [2.75, 3.05) is 11.9 Å². The Morgan fingerprint density at radius 3 is 1.71 bits per heavy atom. The first-order valence-corrected chi connectivity index (χ1v) is 8.91. The summed E-state index contributed by atoms with van der Waals surface area (Å²) in [6.45, 7) is 0.745. The van der Waals surface area contributed by atoms with Crippen molar-refractivity contribution in [2.45, 2.75) is 38.5 Å². The molecule has 0 amide bonds. The quantitative estimate of drug-likeness (QED) is 0.617. The number of anilines is 1. The van der Waals surface area contributed by atoms with Gasteiger partial charge in [0.25, 0.3) is 0 Å². The molecule has 0 bridgehead atoms. The summed E-state index contributed by atoms with van der Waals surface area (Å²) in [7, 11) is 0. The minimum absolute atomic E-state index is 0.0797. The Bertz CT molecular complexity index is 573. The third-order valence-corrected chi connectivity index (χ3v) is 3.74. The molecule has 0 saturated heterocycles. The first kappa shape index (κ1) is 19.3. The number of hydrogen-bond acceptors (Lipinski definition) is 7. The van der Waals surface area contributed by atoms with Crippen molar-refractivity contribution >= 4 is 52.4 Å². The molecule has 11 heteroatoms. The Labute approximate surface area is 159 Å². The highest BCUT2D eigenvalue weighted by Crippen LogP contribution is 2.12. The smallest absolute Gasteiger partial charge is 0.228 e. The van der Waals surface area contributed by atoms with Crippen molar-refractivity contribution in [3.63, 3.8) is 0 Å². The minimum Gasteiger partial charge on any atom is -0.354 e. The summed E-state index contributed by atoms with van der Waals surface area (Å²) in [6.07, 6.45) is 5.96. The summed E-state index contributed by atoms with van der Waals surface area (Å²) < 4.78 is 0. The molecule has 0 fully saturated rings. The lowest BCUT2D eigenvalue weighted by atomic mass is 10.1. The van der Waals surface area contributed by atoms with E-state index in [0.717, 1.165) is 45.1 Å². The summed E-state index contributed by atoms with van der Waals surface area (Å²) in [5.41, 5.74) is 0. The van der Waals surface area contributed by atoms with Gasteiger partial charge in [0.05, 0.1) is 0 Å². The van der Waals surface area contributed by atoms with Crippen LogP contribution in [0.3, 0.4) is 0 Å². The molecule has 0 radical (unpaired) electrons. The van der Waals surface area contributed by atoms with Crippen molar-refractivity contribution in [1.29, 1.82) is 0 Å². The lowest BCUT2D eigenvalue weighted by Crippen LogP contribution is -2.06. The molecule has 2 aromatic heterocycles. The predicted molar refractivity (Wildman–Crippen MR) is 95.0 cm³/mol. The van der Waals surface area contributed by atoms with Gasteiger partial charge in [0.2, 0.25) is 27.1 Å². The van der Waals surface area contributed by atoms with Gasteiger partial charge in [0, 0.05) is 13.0 Å². The maximum absolute atomic E-state index is 5.73. The van der Waals surface area contributed by atoms with Gasteiger partial charge in [-0.3, -0.25) is 0 Å². The van der Waals surface area contributed by atoms with Crippen LogP contribution in [0.5, 0.6) is 0 Å². The zero-order chi connectivity index (χ0) is 17.4. The Kier molecular flexibility index (Phi) is 8.11. The Hall–Kier alpha value is -1.02. The number of rotatable bonds is 9. The first-order valence-electron chi connectivity index (χ1n) is 7.40. The molecule has 0 aromatic carbocycles. The molecule has 2 heterocycles. The van der Waals surface area contributed by atoms with Gasteiger partial charge in [0.15, 0.2) is 0 Å². The Balaban J connectivity index is 1.55. The average molecular weight is 411 g/mol. The number of nitrogens with one attached hydrogen (secondary N) is 1. The van der Waals surface area contributed by atoms with Crippen LogP contribution in [0.4, 0.5) is 5.95 Å². The van der Waals surface area contributed by atoms with Gasteiger partial charge < -0.3 is 5.32 Å². The van der Waals surface area contributed by atoms with Crippen molar-refractivity contribution in [2.24, 2.45) is 0 Å². The molecule has 0 spiro atoms. The maximum Gasteiger partial charge on any atom is 0.228 e. The van der Waals surface area contributed by atoms with Crippen LogP contribution in [0.2, 0.25) is 21.1 Å². The van der Waals surface area contributed by atoms with Gasteiger partial charge in [-0.1, -0.05) is 19.3 Å². The Morgan fingerprint density at radius 2 is 1.08 bits per heavy atom. The van der Waals surface area contributed by atoms with Gasteiger partial charge in [-0.2, -0.15) is 19.9 Å². The van der Waals surface area contributed by atoms with E-state index >= 15 is 0 Å². The van der Waals surface area contributed by atoms with E-state index in [-0.39, 0.29) is 21.1 Å². The molecule has 2 rings (SSSR count). The zero-order valence-electron chi connectivity index (χ0n) is 12.6. The fourth-order valence-electron chi connectivity index (χ4n) is 2.02. The highest BCUT2D eigenvalue weighted by Gasteiger charge is 2.04. The van der Waals surface area contributed by atoms with Crippen LogP contribution < -0.4 is 5.32 Å². The van der Waals surface area contributed by atoms with E-state index in [1.54, 1.807) is 0 Å². The summed E-state index contributed by atoms with van der Waals surface area (Å²) >= 11 is 22.9. The van der Waals surface area contributed by atoms with Crippen LogP contribution in [0.1, 0.15) is 37.9 Å². The highest BCUT2D eigenvalue weighted by molar-refractivity contribution is 6.31. The summed E-state index contributed by atoms with van der Waals surface area (Å²) in [5, 5.41) is 3.50. The van der Waals surface area contributed by atoms with E-state index < -0.39 is 0 Å². The zero-order valence-corrected chi connectivity index (χ0v) is 15.7. The number of aromatic nitrogens is 6. The topological polar surface area (TPSA) is 89.4 Å². The average Bonchev–Trinajstić information content (AvgIpc) is 2.48. The van der Waals surface area contributed by atoms with Crippen LogP contribution in [-0.4, -0.2) is 36.4 Å². The van der Waals surface area contributed by atoms with Gasteiger partial charge in [0.1, 0.15) is 5.82 Å². The van der Waals surface area contributed by atoms with Crippen molar-refractivity contribution in [1.82, 2.24) is 29.9 Å². The van der Waals surface area contributed by atoms with Gasteiger partial charge in [-0.05, 0) is 59.2 Å². The normalized spacial score (nSPS) is 10.8. The van der Waals surface area contributed by atoms with Crippen molar-refractivity contribution in [3.8, 4) is 0 Å². The molecule has 0 unspecified atom stereocenters. The minimum atomic E-state index is 0.0797. The molecule has 1 N–H and O–H groups in total. The number of hydrogen-bond donors (Lipinski definition) is 1. The summed E-state index contributed by atoms with van der Waals surface area (Å²) in [4.78, 5) is 23.4. The van der Waals surface area contributed by atoms with E-state index in [1.165, 1.54) is 0 Å². The Morgan fingerprint density at radius 1 is 0.583 bits per heavy atom. The van der Waals surface area contributed by atoms with Crippen LogP contribution in [-0.2, 0) is 6.42 Å². The van der Waals surface area contributed by atoms with Crippen LogP contribution >= 0.6 is 46.4 Å². The summed E-state index contributed by atoms with van der Waals surface area (Å²) in [6, 6.07) is 0. The molecule has 130 valence electrons. The lowest BCUT2D eigenvalue weighted by molar-refractivity contribution is 0.613. The second-order valence-corrected chi connectivity index (χ2v) is 6.28. The SMILES string of the molecule is Clc1nc(Cl)nc(CCCCCCCNc2nc(Cl)nc(Cl)n2)n1. The van der Waals surface area contributed by atoms with Crippen LogP contribution in [0.15, 0.2) is 0 Å². The molecule has 2 aromatic rings. The molecule has 0 saturated carbocycles. The van der Waals surface area contributed by atoms with Gasteiger partial charge >= 0.3 is 0 Å². The largest absolute Gasteiger partial charge is 0.354 e. The lowest BCUT2D eigenvalue weighted by Gasteiger charge is -2.05. The maximum atomic E-state index is 5.73. The fourth-order valence-corrected chi connectivity index (χ4v) is 2.78. The van der Waals surface area contributed by atoms with E-state index in [1.807, 2.05) is 0 Å². The van der Waals surface area contributed by atoms with Gasteiger partial charge in [-0.25, -0.2) is 9.97 Å². The molecule has 0 aliphatic rings. The van der Waals surface area contributed by atoms with E-state index in [2.05, 4.69) is 35.2 Å². The van der Waals surface area contributed by atoms with Crippen LogP contribution in [0.25, 0.3) is 0 Å². The molecular weight excluding hydrogens is 396 g/mol.